The van der Waals surface area contributed by atoms with Gasteiger partial charge in [0.1, 0.15) is 11.9 Å². The number of nitrogens with one attached hydrogen (secondary N) is 1. The minimum Gasteiger partial charge on any atom is -0.504 e. The predicted octanol–water partition coefficient (Wildman–Crippen LogP) is 2.18. The van der Waals surface area contributed by atoms with Gasteiger partial charge in [-0.3, -0.25) is 4.79 Å². The van der Waals surface area contributed by atoms with Crippen LogP contribution in [0.15, 0.2) is 42.5 Å². The van der Waals surface area contributed by atoms with E-state index >= 15 is 0 Å². The molecule has 4 N–H and O–H groups in total. The van der Waals surface area contributed by atoms with E-state index in [0.717, 1.165) is 0 Å². The molecule has 0 bridgehead atoms. The van der Waals surface area contributed by atoms with Crippen molar-refractivity contribution < 1.29 is 19.0 Å². The van der Waals surface area contributed by atoms with Gasteiger partial charge >= 0.3 is 0 Å². The number of primary amides is 1. The van der Waals surface area contributed by atoms with Gasteiger partial charge in [0, 0.05) is 0 Å². The van der Waals surface area contributed by atoms with Gasteiger partial charge in [0.15, 0.2) is 11.5 Å². The van der Waals surface area contributed by atoms with Gasteiger partial charge in [-0.25, -0.2) is 4.39 Å². The van der Waals surface area contributed by atoms with Crippen molar-refractivity contribution in [1.29, 1.82) is 0 Å². The lowest BCUT2D eigenvalue weighted by molar-refractivity contribution is -0.118. The number of phenols is 1. The van der Waals surface area contributed by atoms with Crippen LogP contribution < -0.4 is 15.8 Å². The average Bonchev–Trinajstić information content (AvgIpc) is 2.46. The minimum absolute atomic E-state index is 0.128. The molecule has 1 amide bonds. The number of nitrogens with two attached hydrogens (primary N) is 1. The molecule has 0 radical (unpaired) electrons. The first kappa shape index (κ1) is 14.6. The molecule has 0 saturated heterocycles. The zero-order chi connectivity index (χ0) is 15.4. The summed E-state index contributed by atoms with van der Waals surface area (Å²) in [4.78, 5) is 11.6. The zero-order valence-electron chi connectivity index (χ0n) is 11.3. The molecule has 2 rings (SSSR count). The lowest BCUT2D eigenvalue weighted by Crippen LogP contribution is -2.28. The molecule has 0 saturated carbocycles. The van der Waals surface area contributed by atoms with Crippen molar-refractivity contribution in [2.45, 2.75) is 6.04 Å². The van der Waals surface area contributed by atoms with Gasteiger partial charge in [0.2, 0.25) is 5.91 Å². The summed E-state index contributed by atoms with van der Waals surface area (Å²) < 4.78 is 18.6. The van der Waals surface area contributed by atoms with Gasteiger partial charge in [-0.15, -0.1) is 0 Å². The van der Waals surface area contributed by atoms with Crippen LogP contribution in [-0.2, 0) is 4.79 Å². The van der Waals surface area contributed by atoms with Crippen molar-refractivity contribution in [1.82, 2.24) is 0 Å². The van der Waals surface area contributed by atoms with E-state index in [1.165, 1.54) is 31.4 Å². The number of benzene rings is 2. The lowest BCUT2D eigenvalue weighted by Gasteiger charge is -2.18. The fourth-order valence-corrected chi connectivity index (χ4v) is 1.94. The number of aromatic hydroxyl groups is 1. The van der Waals surface area contributed by atoms with E-state index in [2.05, 4.69) is 5.32 Å². The Bertz CT molecular complexity index is 661. The average molecular weight is 290 g/mol. The standard InChI is InChI=1S/C15H15FN2O3/c1-21-13-7-6-9(8-12(13)19)14(15(17)20)18-11-5-3-2-4-10(11)16/h2-8,14,18-19H,1H3,(H2,17,20). The Labute approximate surface area is 121 Å². The van der Waals surface area contributed by atoms with Crippen LogP contribution in [-0.4, -0.2) is 18.1 Å². The highest BCUT2D eigenvalue weighted by atomic mass is 19.1. The molecular weight excluding hydrogens is 275 g/mol. The number of hydrogen-bond donors (Lipinski definition) is 3. The van der Waals surface area contributed by atoms with Crippen molar-refractivity contribution >= 4 is 11.6 Å². The molecule has 0 spiro atoms. The van der Waals surface area contributed by atoms with Crippen LogP contribution in [0.4, 0.5) is 10.1 Å². The number of phenolic OH excluding ortho intramolecular Hbond substituents is 1. The summed E-state index contributed by atoms with van der Waals surface area (Å²) in [5.74, 6) is -1.05. The van der Waals surface area contributed by atoms with Crippen LogP contribution in [0, 0.1) is 5.82 Å². The quantitative estimate of drug-likeness (QED) is 0.788. The molecule has 5 nitrogen and oxygen atoms in total. The number of carbonyl (C=O) groups excluding carboxylic acids is 1. The predicted molar refractivity (Wildman–Crippen MR) is 76.6 cm³/mol. The molecule has 0 aromatic heterocycles. The minimum atomic E-state index is -0.973. The van der Waals surface area contributed by atoms with Crippen molar-refractivity contribution in [3.63, 3.8) is 0 Å². The monoisotopic (exact) mass is 290 g/mol. The Balaban J connectivity index is 2.34. The summed E-state index contributed by atoms with van der Waals surface area (Å²) in [6.45, 7) is 0. The molecule has 2 aromatic carbocycles. The molecule has 110 valence electrons. The topological polar surface area (TPSA) is 84.6 Å². The van der Waals surface area contributed by atoms with Crippen LogP contribution in [0.2, 0.25) is 0 Å². The van der Waals surface area contributed by atoms with Crippen LogP contribution >= 0.6 is 0 Å². The SMILES string of the molecule is COc1ccc(C(Nc2ccccc2F)C(N)=O)cc1O. The van der Waals surface area contributed by atoms with Crippen molar-refractivity contribution in [2.75, 3.05) is 12.4 Å². The Morgan fingerprint density at radius 2 is 2.05 bits per heavy atom. The van der Waals surface area contributed by atoms with Crippen molar-refractivity contribution in [3.8, 4) is 11.5 Å². The Morgan fingerprint density at radius 1 is 1.33 bits per heavy atom. The van der Waals surface area contributed by atoms with Gasteiger partial charge in [-0.1, -0.05) is 18.2 Å². The number of amides is 1. The number of halogens is 1. The third-order valence-electron chi connectivity index (χ3n) is 2.99. The summed E-state index contributed by atoms with van der Waals surface area (Å²) >= 11 is 0. The number of hydrogen-bond acceptors (Lipinski definition) is 4. The normalized spacial score (nSPS) is 11.7. The number of ether oxygens (including phenoxy) is 1. The maximum atomic E-state index is 13.6. The summed E-state index contributed by atoms with van der Waals surface area (Å²) in [5, 5.41) is 12.5. The number of methoxy groups -OCH3 is 1. The number of rotatable bonds is 5. The Kier molecular flexibility index (Phi) is 4.27. The van der Waals surface area contributed by atoms with E-state index in [-0.39, 0.29) is 17.2 Å². The first-order valence-electron chi connectivity index (χ1n) is 6.20. The molecule has 0 aliphatic heterocycles. The van der Waals surface area contributed by atoms with Crippen molar-refractivity contribution in [3.05, 3.63) is 53.8 Å². The van der Waals surface area contributed by atoms with Crippen LogP contribution in [0.5, 0.6) is 11.5 Å². The first-order valence-corrected chi connectivity index (χ1v) is 6.20. The highest BCUT2D eigenvalue weighted by Gasteiger charge is 2.20. The van der Waals surface area contributed by atoms with Gasteiger partial charge in [-0.2, -0.15) is 0 Å². The van der Waals surface area contributed by atoms with Gasteiger partial charge < -0.3 is 20.9 Å². The third kappa shape index (κ3) is 3.22. The first-order chi connectivity index (χ1) is 10.0. The fourth-order valence-electron chi connectivity index (χ4n) is 1.94. The molecule has 0 fully saturated rings. The van der Waals surface area contributed by atoms with Gasteiger partial charge in [0.05, 0.1) is 12.8 Å². The fraction of sp³-hybridized carbons (Fsp3) is 0.133. The highest BCUT2D eigenvalue weighted by Crippen LogP contribution is 2.30. The number of anilines is 1. The van der Waals surface area contributed by atoms with Crippen LogP contribution in [0.1, 0.15) is 11.6 Å². The molecule has 2 aromatic rings. The molecule has 0 aliphatic rings. The molecule has 6 heteroatoms. The maximum Gasteiger partial charge on any atom is 0.244 e. The highest BCUT2D eigenvalue weighted by molar-refractivity contribution is 5.84. The molecule has 1 unspecified atom stereocenters. The number of para-hydroxylation sites is 1. The summed E-state index contributed by atoms with van der Waals surface area (Å²) in [6.07, 6.45) is 0. The van der Waals surface area contributed by atoms with E-state index in [1.807, 2.05) is 0 Å². The van der Waals surface area contributed by atoms with Gasteiger partial charge in [-0.05, 0) is 29.8 Å². The van der Waals surface area contributed by atoms with Gasteiger partial charge in [0.25, 0.3) is 0 Å². The lowest BCUT2D eigenvalue weighted by atomic mass is 10.0. The summed E-state index contributed by atoms with van der Waals surface area (Å²) in [5.41, 5.74) is 5.91. The van der Waals surface area contributed by atoms with Crippen molar-refractivity contribution in [2.24, 2.45) is 5.73 Å². The molecule has 0 aliphatic carbocycles. The second-order valence-electron chi connectivity index (χ2n) is 4.39. The smallest absolute Gasteiger partial charge is 0.244 e. The van der Waals surface area contributed by atoms with Crippen LogP contribution in [0.3, 0.4) is 0 Å². The maximum absolute atomic E-state index is 13.6. The van der Waals surface area contributed by atoms with E-state index in [0.29, 0.717) is 5.56 Å². The molecule has 0 heterocycles. The number of carbonyl (C=O) groups is 1. The van der Waals surface area contributed by atoms with E-state index in [4.69, 9.17) is 10.5 Å². The Hall–Kier alpha value is -2.76. The molecule has 21 heavy (non-hydrogen) atoms. The summed E-state index contributed by atoms with van der Waals surface area (Å²) in [7, 11) is 1.41. The summed E-state index contributed by atoms with van der Waals surface area (Å²) in [6, 6.07) is 9.39. The zero-order valence-corrected chi connectivity index (χ0v) is 11.3. The van der Waals surface area contributed by atoms with Crippen LogP contribution in [0.25, 0.3) is 0 Å². The third-order valence-corrected chi connectivity index (χ3v) is 2.99. The van der Waals surface area contributed by atoms with E-state index in [1.54, 1.807) is 18.2 Å². The Morgan fingerprint density at radius 3 is 2.62 bits per heavy atom. The second-order valence-corrected chi connectivity index (χ2v) is 4.39. The second kappa shape index (κ2) is 6.13. The molecule has 1 atom stereocenters. The van der Waals surface area contributed by atoms with E-state index < -0.39 is 17.8 Å². The molecular formula is C15H15FN2O3. The largest absolute Gasteiger partial charge is 0.504 e. The van der Waals surface area contributed by atoms with E-state index in [9.17, 15) is 14.3 Å².